The number of Topliss-reactive ketones (excluding diaryl/α,β-unsaturated/α-hetero) is 1. The van der Waals surface area contributed by atoms with Gasteiger partial charge >= 0.3 is 7.12 Å². The van der Waals surface area contributed by atoms with Crippen LogP contribution in [0.2, 0.25) is 0 Å². The van der Waals surface area contributed by atoms with Gasteiger partial charge in [-0.3, -0.25) is 14.6 Å². The zero-order valence-electron chi connectivity index (χ0n) is 12.0. The molecule has 2 heterocycles. The molecule has 0 aromatic carbocycles. The molecule has 0 bridgehead atoms. The predicted molar refractivity (Wildman–Crippen MR) is 77.2 cm³/mol. The molecule has 21 heavy (non-hydrogen) atoms. The number of nitrogens with zero attached hydrogens (tertiary/aromatic N) is 1. The average Bonchev–Trinajstić information content (AvgIpc) is 2.42. The molecule has 2 atom stereocenters. The normalized spacial score (nSPS) is 21.9. The van der Waals surface area contributed by atoms with Crippen molar-refractivity contribution in [2.45, 2.75) is 44.7 Å². The highest BCUT2D eigenvalue weighted by Crippen LogP contribution is 2.18. The molecule has 1 saturated heterocycles. The third-order valence-electron chi connectivity index (χ3n) is 3.41. The summed E-state index contributed by atoms with van der Waals surface area (Å²) in [5.41, 5.74) is 0.677. The highest BCUT2D eigenvalue weighted by Gasteiger charge is 2.36. The number of rotatable bonds is 5. The Morgan fingerprint density at radius 3 is 2.90 bits per heavy atom. The van der Waals surface area contributed by atoms with Crippen molar-refractivity contribution in [2.24, 2.45) is 0 Å². The standard InChI is InChI=1S/C14H19BN2O4/c1-10(18)8-12-5-6-13(15(20)21-12)17-14(19)9-11-4-2-3-7-16-11/h2-4,7,12-13,20H,5-6,8-9H2,1H3,(H,17,19)/t12-,13-/m0/s1. The highest BCUT2D eigenvalue weighted by molar-refractivity contribution is 6.45. The van der Waals surface area contributed by atoms with Crippen molar-refractivity contribution in [3.8, 4) is 0 Å². The van der Waals surface area contributed by atoms with Crippen LogP contribution in [-0.2, 0) is 20.7 Å². The maximum atomic E-state index is 11.9. The molecular formula is C14H19BN2O4. The molecule has 0 aliphatic carbocycles. The molecular weight excluding hydrogens is 271 g/mol. The number of nitrogens with one attached hydrogen (secondary N) is 1. The summed E-state index contributed by atoms with van der Waals surface area (Å²) in [6.45, 7) is 1.50. The summed E-state index contributed by atoms with van der Waals surface area (Å²) in [5.74, 6) is -0.611. The van der Waals surface area contributed by atoms with E-state index in [1.165, 1.54) is 6.92 Å². The van der Waals surface area contributed by atoms with Gasteiger partial charge in [-0.05, 0) is 31.9 Å². The monoisotopic (exact) mass is 290 g/mol. The highest BCUT2D eigenvalue weighted by atomic mass is 16.5. The molecule has 0 unspecified atom stereocenters. The molecule has 1 fully saturated rings. The summed E-state index contributed by atoms with van der Waals surface area (Å²) in [6.07, 6.45) is 3.07. The van der Waals surface area contributed by atoms with Crippen LogP contribution in [0.25, 0.3) is 0 Å². The SMILES string of the molecule is CC(=O)C[C@@H]1CC[C@H](NC(=O)Cc2ccccn2)B(O)O1. The Bertz CT molecular complexity index is 497. The number of hydrogen-bond donors (Lipinski definition) is 2. The number of aromatic nitrogens is 1. The maximum absolute atomic E-state index is 11.9. The molecule has 2 N–H and O–H groups in total. The first-order valence-electron chi connectivity index (χ1n) is 7.07. The zero-order valence-corrected chi connectivity index (χ0v) is 12.0. The lowest BCUT2D eigenvalue weighted by Gasteiger charge is -2.31. The van der Waals surface area contributed by atoms with Gasteiger partial charge in [0.1, 0.15) is 5.78 Å². The summed E-state index contributed by atoms with van der Waals surface area (Å²) >= 11 is 0. The van der Waals surface area contributed by atoms with Crippen molar-refractivity contribution in [2.75, 3.05) is 0 Å². The summed E-state index contributed by atoms with van der Waals surface area (Å²) in [5, 5.41) is 12.7. The van der Waals surface area contributed by atoms with Crippen molar-refractivity contribution >= 4 is 18.8 Å². The second-order valence-electron chi connectivity index (χ2n) is 5.30. The molecule has 2 rings (SSSR count). The summed E-state index contributed by atoms with van der Waals surface area (Å²) in [4.78, 5) is 27.0. The Morgan fingerprint density at radius 1 is 1.48 bits per heavy atom. The largest absolute Gasteiger partial charge is 0.478 e. The first kappa shape index (κ1) is 15.7. The molecule has 0 saturated carbocycles. The van der Waals surface area contributed by atoms with E-state index in [2.05, 4.69) is 10.3 Å². The van der Waals surface area contributed by atoms with Crippen LogP contribution in [0.5, 0.6) is 0 Å². The molecule has 1 aliphatic rings. The minimum absolute atomic E-state index is 0.0323. The van der Waals surface area contributed by atoms with Crippen LogP contribution in [0.15, 0.2) is 24.4 Å². The van der Waals surface area contributed by atoms with E-state index in [1.807, 2.05) is 6.07 Å². The molecule has 0 spiro atoms. The molecule has 1 aliphatic heterocycles. The minimum atomic E-state index is -1.07. The average molecular weight is 290 g/mol. The topological polar surface area (TPSA) is 88.5 Å². The molecule has 1 aromatic heterocycles. The quantitative estimate of drug-likeness (QED) is 0.761. The Kier molecular flexibility index (Phi) is 5.47. The third kappa shape index (κ3) is 4.95. The van der Waals surface area contributed by atoms with Gasteiger partial charge in [0, 0.05) is 24.4 Å². The van der Waals surface area contributed by atoms with Crippen molar-refractivity contribution in [3.05, 3.63) is 30.1 Å². The molecule has 1 amide bonds. The fourth-order valence-corrected chi connectivity index (χ4v) is 2.41. The summed E-state index contributed by atoms with van der Waals surface area (Å²) in [6, 6.07) is 5.38. The number of amides is 1. The molecule has 112 valence electrons. The lowest BCUT2D eigenvalue weighted by atomic mass is 9.72. The van der Waals surface area contributed by atoms with E-state index in [-0.39, 0.29) is 24.2 Å². The molecule has 1 aromatic rings. The summed E-state index contributed by atoms with van der Waals surface area (Å²) < 4.78 is 5.37. The Labute approximate surface area is 124 Å². The van der Waals surface area contributed by atoms with Crippen LogP contribution >= 0.6 is 0 Å². The molecule has 7 heteroatoms. The van der Waals surface area contributed by atoms with Crippen LogP contribution < -0.4 is 5.32 Å². The third-order valence-corrected chi connectivity index (χ3v) is 3.41. The second kappa shape index (κ2) is 7.33. The fourth-order valence-electron chi connectivity index (χ4n) is 2.41. The Hall–Kier alpha value is -1.73. The molecule has 6 nitrogen and oxygen atoms in total. The van der Waals surface area contributed by atoms with E-state index in [0.717, 1.165) is 0 Å². The first-order valence-corrected chi connectivity index (χ1v) is 7.07. The lowest BCUT2D eigenvalue weighted by molar-refractivity contribution is -0.122. The summed E-state index contributed by atoms with van der Waals surface area (Å²) in [7, 11) is -1.07. The molecule has 0 radical (unpaired) electrons. The number of pyridine rings is 1. The number of carbonyl (C=O) groups excluding carboxylic acids is 2. The van der Waals surface area contributed by atoms with Crippen LogP contribution in [0.3, 0.4) is 0 Å². The van der Waals surface area contributed by atoms with E-state index in [1.54, 1.807) is 18.3 Å². The zero-order chi connectivity index (χ0) is 15.2. The van der Waals surface area contributed by atoms with Crippen LogP contribution in [-0.4, -0.2) is 40.9 Å². The Balaban J connectivity index is 1.81. The van der Waals surface area contributed by atoms with Crippen LogP contribution in [0.4, 0.5) is 0 Å². The number of carbonyl (C=O) groups is 2. The first-order chi connectivity index (χ1) is 10.0. The number of hydrogen-bond acceptors (Lipinski definition) is 5. The van der Waals surface area contributed by atoms with Gasteiger partial charge in [0.05, 0.1) is 12.4 Å². The van der Waals surface area contributed by atoms with E-state index in [0.29, 0.717) is 25.0 Å². The van der Waals surface area contributed by atoms with Gasteiger partial charge in [-0.2, -0.15) is 0 Å². The number of ketones is 1. The van der Waals surface area contributed by atoms with E-state index in [9.17, 15) is 14.6 Å². The van der Waals surface area contributed by atoms with Gasteiger partial charge in [-0.1, -0.05) is 6.07 Å². The smallest absolute Gasteiger partial charge is 0.426 e. The van der Waals surface area contributed by atoms with E-state index >= 15 is 0 Å². The van der Waals surface area contributed by atoms with Crippen molar-refractivity contribution < 1.29 is 19.3 Å². The Morgan fingerprint density at radius 2 is 2.29 bits per heavy atom. The van der Waals surface area contributed by atoms with Gasteiger partial charge in [0.15, 0.2) is 0 Å². The van der Waals surface area contributed by atoms with Crippen LogP contribution in [0.1, 0.15) is 31.9 Å². The minimum Gasteiger partial charge on any atom is -0.426 e. The van der Waals surface area contributed by atoms with Crippen molar-refractivity contribution in [3.63, 3.8) is 0 Å². The predicted octanol–water partition coefficient (Wildman–Crippen LogP) is 0.287. The van der Waals surface area contributed by atoms with Crippen LogP contribution in [0, 0.1) is 0 Å². The van der Waals surface area contributed by atoms with Gasteiger partial charge in [0.25, 0.3) is 0 Å². The van der Waals surface area contributed by atoms with E-state index < -0.39 is 13.1 Å². The van der Waals surface area contributed by atoms with E-state index in [4.69, 9.17) is 4.65 Å². The van der Waals surface area contributed by atoms with Gasteiger partial charge in [-0.25, -0.2) is 0 Å². The fraction of sp³-hybridized carbons (Fsp3) is 0.500. The van der Waals surface area contributed by atoms with Crippen molar-refractivity contribution in [1.82, 2.24) is 10.3 Å². The van der Waals surface area contributed by atoms with Gasteiger partial charge in [-0.15, -0.1) is 0 Å². The maximum Gasteiger partial charge on any atom is 0.478 e. The second-order valence-corrected chi connectivity index (χ2v) is 5.30. The lowest BCUT2D eigenvalue weighted by Crippen LogP contribution is -2.53. The van der Waals surface area contributed by atoms with Gasteiger partial charge < -0.3 is 15.0 Å². The van der Waals surface area contributed by atoms with Crippen molar-refractivity contribution in [1.29, 1.82) is 0 Å². The van der Waals surface area contributed by atoms with Gasteiger partial charge in [0.2, 0.25) is 5.91 Å².